The molecule has 2 fully saturated rings. The molecule has 0 bridgehead atoms. The summed E-state index contributed by atoms with van der Waals surface area (Å²) in [5.74, 6) is 1.91. The third-order valence-corrected chi connectivity index (χ3v) is 4.62. The van der Waals surface area contributed by atoms with Crippen LogP contribution in [0.1, 0.15) is 37.2 Å². The van der Waals surface area contributed by atoms with Crippen LogP contribution in [0.3, 0.4) is 0 Å². The van der Waals surface area contributed by atoms with Crippen LogP contribution >= 0.6 is 0 Å². The van der Waals surface area contributed by atoms with Crippen LogP contribution in [0, 0.1) is 11.8 Å². The fraction of sp³-hybridized carbons (Fsp3) is 0.588. The molecule has 4 heteroatoms. The maximum absolute atomic E-state index is 12.4. The quantitative estimate of drug-likeness (QED) is 0.808. The van der Waals surface area contributed by atoms with Crippen molar-refractivity contribution in [2.75, 3.05) is 13.7 Å². The maximum atomic E-state index is 12.4. The second-order valence-electron chi connectivity index (χ2n) is 6.16. The number of nitrogens with one attached hydrogen (secondary N) is 1. The van der Waals surface area contributed by atoms with E-state index >= 15 is 0 Å². The van der Waals surface area contributed by atoms with Crippen LogP contribution in [0.4, 0.5) is 0 Å². The number of benzene rings is 1. The van der Waals surface area contributed by atoms with Gasteiger partial charge >= 0.3 is 0 Å². The highest BCUT2D eigenvalue weighted by atomic mass is 16.5. The Morgan fingerprint density at radius 1 is 1.43 bits per heavy atom. The maximum Gasteiger partial charge on any atom is 0.223 e. The smallest absolute Gasteiger partial charge is 0.223 e. The molecule has 2 aliphatic rings. The Bertz CT molecular complexity index is 513. The van der Waals surface area contributed by atoms with E-state index < -0.39 is 0 Å². The largest absolute Gasteiger partial charge is 0.496 e. The Morgan fingerprint density at radius 2 is 2.19 bits per heavy atom. The molecule has 1 aromatic rings. The molecule has 3 unspecified atom stereocenters. The van der Waals surface area contributed by atoms with Gasteiger partial charge in [-0.25, -0.2) is 0 Å². The molecule has 2 aliphatic carbocycles. The molecule has 0 saturated heterocycles. The van der Waals surface area contributed by atoms with Crippen LogP contribution < -0.4 is 10.1 Å². The molecular formula is C17H23NO3. The first-order valence-electron chi connectivity index (χ1n) is 7.78. The molecule has 0 spiro atoms. The number of rotatable bonds is 7. The number of aliphatic hydroxyl groups excluding tert-OH is 1. The molecule has 1 amide bonds. The van der Waals surface area contributed by atoms with E-state index in [9.17, 15) is 4.79 Å². The summed E-state index contributed by atoms with van der Waals surface area (Å²) in [6, 6.07) is 8.08. The van der Waals surface area contributed by atoms with Crippen molar-refractivity contribution in [3.63, 3.8) is 0 Å². The minimum absolute atomic E-state index is 0.0567. The Morgan fingerprint density at radius 3 is 2.86 bits per heavy atom. The van der Waals surface area contributed by atoms with Crippen LogP contribution in [0.15, 0.2) is 24.3 Å². The van der Waals surface area contributed by atoms with Crippen molar-refractivity contribution in [2.24, 2.45) is 11.8 Å². The Balaban J connectivity index is 1.60. The first kappa shape index (κ1) is 14.4. The van der Waals surface area contributed by atoms with Gasteiger partial charge in [0.2, 0.25) is 5.91 Å². The minimum atomic E-state index is 0.0567. The van der Waals surface area contributed by atoms with E-state index in [1.54, 1.807) is 7.11 Å². The van der Waals surface area contributed by atoms with E-state index in [4.69, 9.17) is 9.84 Å². The summed E-state index contributed by atoms with van der Waals surface area (Å²) in [5.41, 5.74) is 1.13. The summed E-state index contributed by atoms with van der Waals surface area (Å²) in [5, 5.41) is 12.3. The predicted molar refractivity (Wildman–Crippen MR) is 80.2 cm³/mol. The Kier molecular flexibility index (Phi) is 4.15. The van der Waals surface area contributed by atoms with Crippen LogP contribution in [-0.2, 0) is 4.79 Å². The van der Waals surface area contributed by atoms with Gasteiger partial charge in [0.15, 0.2) is 0 Å². The lowest BCUT2D eigenvalue weighted by Crippen LogP contribution is -2.38. The summed E-state index contributed by atoms with van der Waals surface area (Å²) >= 11 is 0. The number of aliphatic hydroxyl groups is 1. The number of ether oxygens (including phenoxy) is 1. The average Bonchev–Trinajstić information content (AvgIpc) is 3.40. The summed E-state index contributed by atoms with van der Waals surface area (Å²) in [6.07, 6.45) is 3.91. The van der Waals surface area contributed by atoms with Crippen molar-refractivity contribution in [1.29, 1.82) is 0 Å². The zero-order valence-electron chi connectivity index (χ0n) is 12.4. The first-order chi connectivity index (χ1) is 10.2. The van der Waals surface area contributed by atoms with Gasteiger partial charge in [-0.05, 0) is 49.1 Å². The number of carbonyl (C=O) groups excluding carboxylic acids is 1. The summed E-state index contributed by atoms with van der Waals surface area (Å²) in [7, 11) is 1.67. The second kappa shape index (κ2) is 6.06. The van der Waals surface area contributed by atoms with Gasteiger partial charge in [0, 0.05) is 18.6 Å². The topological polar surface area (TPSA) is 58.6 Å². The minimum Gasteiger partial charge on any atom is -0.496 e. The number of hydrogen-bond acceptors (Lipinski definition) is 3. The van der Waals surface area contributed by atoms with Gasteiger partial charge in [0.25, 0.3) is 0 Å². The standard InChI is InChI=1S/C17H23NO3/c1-21-16-5-3-2-4-12(16)13-10-14(13)17(20)18-15(8-9-19)11-6-7-11/h2-5,11,13-15,19H,6-10H2,1H3,(H,18,20). The molecule has 3 rings (SSSR count). The molecule has 0 radical (unpaired) electrons. The molecule has 4 nitrogen and oxygen atoms in total. The van der Waals surface area contributed by atoms with Crippen molar-refractivity contribution in [3.05, 3.63) is 29.8 Å². The lowest BCUT2D eigenvalue weighted by atomic mass is 10.1. The predicted octanol–water partition coefficient (Wildman–Crippen LogP) is 2.08. The summed E-state index contributed by atoms with van der Waals surface area (Å²) in [4.78, 5) is 12.4. The number of amides is 1. The van der Waals surface area contributed by atoms with Crippen LogP contribution in [-0.4, -0.2) is 30.8 Å². The van der Waals surface area contributed by atoms with Crippen LogP contribution in [0.2, 0.25) is 0 Å². The Hall–Kier alpha value is -1.55. The third-order valence-electron chi connectivity index (χ3n) is 4.62. The average molecular weight is 289 g/mol. The number of carbonyl (C=O) groups is 1. The van der Waals surface area contributed by atoms with Gasteiger partial charge in [-0.1, -0.05) is 18.2 Å². The molecule has 0 heterocycles. The van der Waals surface area contributed by atoms with E-state index in [0.29, 0.717) is 12.3 Å². The molecule has 0 aromatic heterocycles. The molecule has 114 valence electrons. The van der Waals surface area contributed by atoms with Gasteiger partial charge in [-0.3, -0.25) is 4.79 Å². The van der Waals surface area contributed by atoms with Gasteiger partial charge in [-0.15, -0.1) is 0 Å². The molecule has 3 atom stereocenters. The highest BCUT2D eigenvalue weighted by molar-refractivity contribution is 5.83. The van der Waals surface area contributed by atoms with E-state index in [0.717, 1.165) is 17.7 Å². The molecule has 2 N–H and O–H groups in total. The number of hydrogen-bond donors (Lipinski definition) is 2. The summed E-state index contributed by atoms with van der Waals surface area (Å²) in [6.45, 7) is 0.141. The third kappa shape index (κ3) is 3.21. The van der Waals surface area contributed by atoms with E-state index in [1.165, 1.54) is 12.8 Å². The highest BCUT2D eigenvalue weighted by Crippen LogP contribution is 2.50. The zero-order chi connectivity index (χ0) is 14.8. The van der Waals surface area contributed by atoms with E-state index in [-0.39, 0.29) is 30.4 Å². The van der Waals surface area contributed by atoms with Crippen molar-refractivity contribution in [2.45, 2.75) is 37.6 Å². The Labute approximate surface area is 125 Å². The fourth-order valence-corrected chi connectivity index (χ4v) is 3.15. The zero-order valence-corrected chi connectivity index (χ0v) is 12.4. The lowest BCUT2D eigenvalue weighted by molar-refractivity contribution is -0.123. The van der Waals surface area contributed by atoms with E-state index in [1.807, 2.05) is 24.3 Å². The first-order valence-corrected chi connectivity index (χ1v) is 7.78. The summed E-state index contributed by atoms with van der Waals surface area (Å²) < 4.78 is 5.38. The van der Waals surface area contributed by atoms with Crippen molar-refractivity contribution >= 4 is 5.91 Å². The molecule has 0 aliphatic heterocycles. The number of methoxy groups -OCH3 is 1. The molecule has 1 aromatic carbocycles. The molecular weight excluding hydrogens is 266 g/mol. The highest BCUT2D eigenvalue weighted by Gasteiger charge is 2.46. The lowest BCUT2D eigenvalue weighted by Gasteiger charge is -2.17. The van der Waals surface area contributed by atoms with Crippen LogP contribution in [0.25, 0.3) is 0 Å². The van der Waals surface area contributed by atoms with E-state index in [2.05, 4.69) is 5.32 Å². The van der Waals surface area contributed by atoms with Crippen LogP contribution in [0.5, 0.6) is 5.75 Å². The van der Waals surface area contributed by atoms with Gasteiger partial charge in [-0.2, -0.15) is 0 Å². The van der Waals surface area contributed by atoms with Crippen molar-refractivity contribution < 1.29 is 14.6 Å². The van der Waals surface area contributed by atoms with Crippen molar-refractivity contribution in [3.8, 4) is 5.75 Å². The molecule has 21 heavy (non-hydrogen) atoms. The van der Waals surface area contributed by atoms with Gasteiger partial charge in [0.05, 0.1) is 7.11 Å². The fourth-order valence-electron chi connectivity index (χ4n) is 3.15. The second-order valence-corrected chi connectivity index (χ2v) is 6.16. The van der Waals surface area contributed by atoms with Gasteiger partial charge < -0.3 is 15.2 Å². The molecule has 2 saturated carbocycles. The monoisotopic (exact) mass is 289 g/mol. The number of para-hydroxylation sites is 1. The van der Waals surface area contributed by atoms with Gasteiger partial charge in [0.1, 0.15) is 5.75 Å². The normalized spacial score (nSPS) is 25.2. The van der Waals surface area contributed by atoms with Crippen molar-refractivity contribution in [1.82, 2.24) is 5.32 Å². The SMILES string of the molecule is COc1ccccc1C1CC1C(=O)NC(CCO)C1CC1.